The zero-order valence-corrected chi connectivity index (χ0v) is 26.6. The van der Waals surface area contributed by atoms with Crippen molar-refractivity contribution in [2.45, 2.75) is 106 Å². The molecule has 0 bridgehead atoms. The number of carboxylic acid groups (broad SMARTS) is 2. The summed E-state index contributed by atoms with van der Waals surface area (Å²) in [6.45, 7) is 18.3. The van der Waals surface area contributed by atoms with Gasteiger partial charge in [0.15, 0.2) is 0 Å². The molecule has 4 nitrogen and oxygen atoms in total. The van der Waals surface area contributed by atoms with Crippen LogP contribution in [0.3, 0.4) is 0 Å². The van der Waals surface area contributed by atoms with Gasteiger partial charge < -0.3 is 10.2 Å². The predicted molar refractivity (Wildman–Crippen MR) is 166 cm³/mol. The summed E-state index contributed by atoms with van der Waals surface area (Å²) in [5.74, 6) is -0.728. The highest BCUT2D eigenvalue weighted by Crippen LogP contribution is 2.69. The van der Waals surface area contributed by atoms with Crippen LogP contribution in [0.4, 0.5) is 4.39 Å². The molecule has 5 rings (SSSR count). The van der Waals surface area contributed by atoms with Crippen LogP contribution in [-0.4, -0.2) is 22.2 Å². The van der Waals surface area contributed by atoms with Crippen LogP contribution in [0.25, 0.3) is 5.57 Å². The molecule has 4 aliphatic carbocycles. The Bertz CT molecular complexity index is 1310. The molecule has 8 unspecified atom stereocenters. The molecule has 2 N–H and O–H groups in total. The Morgan fingerprint density at radius 3 is 2.24 bits per heavy atom. The number of aliphatic carboxylic acids is 1. The Labute approximate surface area is 251 Å². The maximum atomic E-state index is 14.8. The van der Waals surface area contributed by atoms with Crippen LogP contribution >= 0.6 is 0 Å². The molecular formula is C37H51FO4. The summed E-state index contributed by atoms with van der Waals surface area (Å²) in [6, 6.07) is 4.58. The summed E-state index contributed by atoms with van der Waals surface area (Å²) in [6.07, 6.45) is 11.9. The van der Waals surface area contributed by atoms with Crippen LogP contribution < -0.4 is 0 Å². The lowest BCUT2D eigenvalue weighted by atomic mass is 9.40. The van der Waals surface area contributed by atoms with E-state index in [2.05, 4.69) is 54.2 Å². The van der Waals surface area contributed by atoms with Gasteiger partial charge in [-0.15, -0.1) is 0 Å². The molecule has 3 fully saturated rings. The van der Waals surface area contributed by atoms with Crippen molar-refractivity contribution in [3.8, 4) is 0 Å². The SMILES string of the molecule is C=C(C)C1CCC2(C(=O)O)CCC(C)C3(C)CCC4C(C)(C)C(c5ccc(C(=O)O)c(F)c5)=CCC4(C)C3CCCC12. The van der Waals surface area contributed by atoms with Crippen LogP contribution in [0.1, 0.15) is 122 Å². The van der Waals surface area contributed by atoms with Gasteiger partial charge in [-0.25, -0.2) is 9.18 Å². The number of halogens is 1. The fourth-order valence-electron chi connectivity index (χ4n) is 11.1. The Morgan fingerprint density at radius 1 is 0.929 bits per heavy atom. The lowest BCUT2D eigenvalue weighted by Gasteiger charge is -2.64. The van der Waals surface area contributed by atoms with Crippen LogP contribution in [0, 0.1) is 57.1 Å². The van der Waals surface area contributed by atoms with Crippen LogP contribution in [0.5, 0.6) is 0 Å². The third kappa shape index (κ3) is 4.59. The second-order valence-electron chi connectivity index (χ2n) is 15.6. The van der Waals surface area contributed by atoms with Crippen LogP contribution in [0.15, 0.2) is 36.4 Å². The number of carboxylic acids is 2. The van der Waals surface area contributed by atoms with Gasteiger partial charge in [0.2, 0.25) is 0 Å². The molecule has 0 aromatic heterocycles. The van der Waals surface area contributed by atoms with Gasteiger partial charge >= 0.3 is 11.9 Å². The molecule has 0 amide bonds. The lowest BCUT2D eigenvalue weighted by molar-refractivity contribution is -0.155. The third-order valence-electron chi connectivity index (χ3n) is 13.5. The number of aromatic carboxylic acids is 1. The average Bonchev–Trinajstić information content (AvgIpc) is 3.28. The molecule has 1 aromatic carbocycles. The van der Waals surface area contributed by atoms with Crippen molar-refractivity contribution in [3.63, 3.8) is 0 Å². The summed E-state index contributed by atoms with van der Waals surface area (Å²) in [5, 5.41) is 19.9. The van der Waals surface area contributed by atoms with E-state index in [-0.39, 0.29) is 27.7 Å². The Balaban J connectivity index is 1.50. The van der Waals surface area contributed by atoms with Crippen molar-refractivity contribution < 1.29 is 24.2 Å². The Kier molecular flexibility index (Phi) is 7.85. The normalized spacial score (nSPS) is 39.7. The number of hydrogen-bond acceptors (Lipinski definition) is 2. The first kappa shape index (κ1) is 31.0. The third-order valence-corrected chi connectivity index (χ3v) is 13.5. The first-order valence-electron chi connectivity index (χ1n) is 16.2. The number of allylic oxidation sites excluding steroid dienone is 3. The summed E-state index contributed by atoms with van der Waals surface area (Å²) < 4.78 is 14.8. The van der Waals surface area contributed by atoms with Gasteiger partial charge in [-0.2, -0.15) is 0 Å². The zero-order chi connectivity index (χ0) is 30.8. The van der Waals surface area contributed by atoms with Crippen molar-refractivity contribution >= 4 is 17.5 Å². The maximum Gasteiger partial charge on any atom is 0.338 e. The minimum atomic E-state index is -1.24. The average molecular weight is 579 g/mol. The summed E-state index contributed by atoms with van der Waals surface area (Å²) in [4.78, 5) is 24.3. The quantitative estimate of drug-likeness (QED) is 0.349. The molecule has 1 aromatic rings. The Morgan fingerprint density at radius 2 is 1.62 bits per heavy atom. The van der Waals surface area contributed by atoms with E-state index in [0.29, 0.717) is 23.7 Å². The predicted octanol–water partition coefficient (Wildman–Crippen LogP) is 9.65. The number of fused-ring (bicyclic) bond motifs is 4. The number of carbonyl (C=O) groups is 2. The standard InChI is InChI=1S/C37H51FO4/c1-22(2)25-14-20-37(33(41)42)19-13-23(3)35(6)18-16-30-34(4,5)27(24-11-12-26(32(39)40)29(38)21-24)15-17-36(30,7)31(35)10-8-9-28(25)37/h11-12,15,21,23,25,28,30-31H,1,8-10,13-14,16-20H2,2-7H3,(H,39,40)(H,41,42). The molecular weight excluding hydrogens is 527 g/mol. The Hall–Kier alpha value is -2.43. The van der Waals surface area contributed by atoms with E-state index in [1.54, 1.807) is 6.07 Å². The molecule has 0 radical (unpaired) electrons. The highest BCUT2D eigenvalue weighted by molar-refractivity contribution is 5.88. The van der Waals surface area contributed by atoms with Crippen molar-refractivity contribution in [1.29, 1.82) is 0 Å². The van der Waals surface area contributed by atoms with Gasteiger partial charge in [-0.05, 0) is 134 Å². The fraction of sp³-hybridized carbons (Fsp3) is 0.676. The maximum absolute atomic E-state index is 14.8. The highest BCUT2D eigenvalue weighted by atomic mass is 19.1. The first-order chi connectivity index (χ1) is 19.6. The minimum Gasteiger partial charge on any atom is -0.481 e. The van der Waals surface area contributed by atoms with Gasteiger partial charge in [-0.3, -0.25) is 4.79 Å². The monoisotopic (exact) mass is 578 g/mol. The van der Waals surface area contributed by atoms with Crippen molar-refractivity contribution in [1.82, 2.24) is 0 Å². The van der Waals surface area contributed by atoms with Crippen molar-refractivity contribution in [2.24, 2.45) is 51.2 Å². The molecule has 8 atom stereocenters. The highest BCUT2D eigenvalue weighted by Gasteiger charge is 2.61. The smallest absolute Gasteiger partial charge is 0.338 e. The molecule has 5 heteroatoms. The molecule has 230 valence electrons. The van der Waals surface area contributed by atoms with Crippen molar-refractivity contribution in [2.75, 3.05) is 0 Å². The van der Waals surface area contributed by atoms with Crippen LogP contribution in [-0.2, 0) is 4.79 Å². The molecule has 0 aliphatic heterocycles. The summed E-state index contributed by atoms with van der Waals surface area (Å²) in [7, 11) is 0. The zero-order valence-electron chi connectivity index (χ0n) is 26.6. The number of benzene rings is 1. The number of hydrogen-bond donors (Lipinski definition) is 2. The second kappa shape index (κ2) is 10.6. The molecule has 0 saturated heterocycles. The van der Waals surface area contributed by atoms with E-state index >= 15 is 0 Å². The largest absolute Gasteiger partial charge is 0.481 e. The first-order valence-corrected chi connectivity index (χ1v) is 16.2. The van der Waals surface area contributed by atoms with E-state index in [9.17, 15) is 24.2 Å². The lowest BCUT2D eigenvalue weighted by Crippen LogP contribution is -2.56. The second-order valence-corrected chi connectivity index (χ2v) is 15.6. The topological polar surface area (TPSA) is 74.6 Å². The molecule has 0 heterocycles. The summed E-state index contributed by atoms with van der Waals surface area (Å²) >= 11 is 0. The van der Waals surface area contributed by atoms with E-state index in [0.717, 1.165) is 80.9 Å². The molecule has 3 saturated carbocycles. The van der Waals surface area contributed by atoms with Gasteiger partial charge in [0.1, 0.15) is 5.82 Å². The van der Waals surface area contributed by atoms with E-state index < -0.39 is 23.2 Å². The van der Waals surface area contributed by atoms with Crippen molar-refractivity contribution in [3.05, 3.63) is 53.4 Å². The molecule has 42 heavy (non-hydrogen) atoms. The number of rotatable bonds is 4. The van der Waals surface area contributed by atoms with Gasteiger partial charge in [-0.1, -0.05) is 65.3 Å². The minimum absolute atomic E-state index is 0.0698. The summed E-state index contributed by atoms with van der Waals surface area (Å²) in [5.41, 5.74) is 2.14. The van der Waals surface area contributed by atoms with Gasteiger partial charge in [0.05, 0.1) is 11.0 Å². The van der Waals surface area contributed by atoms with E-state index in [4.69, 9.17) is 0 Å². The fourth-order valence-corrected chi connectivity index (χ4v) is 11.1. The van der Waals surface area contributed by atoms with Gasteiger partial charge in [0, 0.05) is 0 Å². The van der Waals surface area contributed by atoms with E-state index in [1.807, 2.05) is 0 Å². The van der Waals surface area contributed by atoms with Gasteiger partial charge in [0.25, 0.3) is 0 Å². The molecule has 4 aliphatic rings. The molecule has 0 spiro atoms. The van der Waals surface area contributed by atoms with E-state index in [1.165, 1.54) is 12.1 Å². The van der Waals surface area contributed by atoms with Crippen LogP contribution in [0.2, 0.25) is 0 Å².